The van der Waals surface area contributed by atoms with Crippen LogP contribution in [0.2, 0.25) is 5.22 Å². The molecule has 0 fully saturated rings. The number of nitrogen functional groups attached to an aromatic ring is 1. The second kappa shape index (κ2) is 5.26. The third kappa shape index (κ3) is 2.46. The van der Waals surface area contributed by atoms with Crippen LogP contribution in [-0.2, 0) is 0 Å². The van der Waals surface area contributed by atoms with Gasteiger partial charge in [-0.15, -0.1) is 0 Å². The summed E-state index contributed by atoms with van der Waals surface area (Å²) in [4.78, 5) is 24.6. The van der Waals surface area contributed by atoms with Crippen LogP contribution in [0.15, 0.2) is 34.9 Å². The number of hydrogen-bond donors (Lipinski definition) is 2. The van der Waals surface area contributed by atoms with E-state index in [2.05, 4.69) is 0 Å². The molecule has 2 aromatic rings. The van der Waals surface area contributed by atoms with Gasteiger partial charge in [-0.2, -0.15) is 0 Å². The van der Waals surface area contributed by atoms with E-state index in [-0.39, 0.29) is 22.0 Å². The van der Waals surface area contributed by atoms with Crippen LogP contribution < -0.4 is 10.6 Å². The molecule has 20 heavy (non-hydrogen) atoms. The minimum absolute atomic E-state index is 0.0471. The molecule has 0 unspecified atom stereocenters. The van der Waals surface area contributed by atoms with E-state index in [0.29, 0.717) is 5.69 Å². The fourth-order valence-electron chi connectivity index (χ4n) is 1.75. The predicted octanol–water partition coefficient (Wildman–Crippen LogP) is 2.49. The third-order valence-corrected chi connectivity index (χ3v) is 3.06. The number of carboxylic acid groups (broad SMARTS) is 1. The summed E-state index contributed by atoms with van der Waals surface area (Å²) in [6.45, 7) is 0. The van der Waals surface area contributed by atoms with Gasteiger partial charge in [-0.3, -0.25) is 4.79 Å². The summed E-state index contributed by atoms with van der Waals surface area (Å²) < 4.78 is 4.85. The summed E-state index contributed by atoms with van der Waals surface area (Å²) in [5, 5.41) is 9.12. The summed E-state index contributed by atoms with van der Waals surface area (Å²) in [7, 11) is 1.45. The number of carbonyl (C=O) groups is 2. The fraction of sp³-hybridized carbons (Fsp3) is 0.0769. The molecule has 0 saturated heterocycles. The lowest BCUT2D eigenvalue weighted by Gasteiger charge is -2.19. The Hall–Kier alpha value is -2.47. The highest BCUT2D eigenvalue weighted by molar-refractivity contribution is 6.33. The predicted molar refractivity (Wildman–Crippen MR) is 74.3 cm³/mol. The first-order valence-electron chi connectivity index (χ1n) is 5.55. The smallest absolute Gasteiger partial charge is 0.337 e. The maximum absolute atomic E-state index is 12.2. The molecule has 0 aliphatic heterocycles. The molecule has 1 amide bonds. The van der Waals surface area contributed by atoms with E-state index in [1.807, 2.05) is 0 Å². The van der Waals surface area contributed by atoms with Crippen LogP contribution in [0.3, 0.4) is 0 Å². The van der Waals surface area contributed by atoms with Crippen molar-refractivity contribution in [3.05, 3.63) is 46.9 Å². The largest absolute Gasteiger partial charge is 0.478 e. The Morgan fingerprint density at radius 1 is 1.30 bits per heavy atom. The van der Waals surface area contributed by atoms with E-state index >= 15 is 0 Å². The van der Waals surface area contributed by atoms with Crippen LogP contribution in [0.5, 0.6) is 0 Å². The van der Waals surface area contributed by atoms with Crippen molar-refractivity contribution in [2.24, 2.45) is 0 Å². The molecule has 3 N–H and O–H groups in total. The number of aromatic carboxylic acids is 1. The van der Waals surface area contributed by atoms with Crippen molar-refractivity contribution in [2.45, 2.75) is 0 Å². The number of benzene rings is 1. The van der Waals surface area contributed by atoms with Gasteiger partial charge in [0.1, 0.15) is 0 Å². The number of carboxylic acids is 1. The first-order valence-corrected chi connectivity index (χ1v) is 5.93. The molecule has 1 aromatic heterocycles. The molecule has 0 aliphatic rings. The molecule has 7 heteroatoms. The van der Waals surface area contributed by atoms with Gasteiger partial charge in [0.25, 0.3) is 5.91 Å². The Kier molecular flexibility index (Phi) is 3.67. The molecule has 1 heterocycles. The van der Waals surface area contributed by atoms with Crippen LogP contribution in [0.1, 0.15) is 20.7 Å². The Labute approximate surface area is 119 Å². The Morgan fingerprint density at radius 2 is 2.00 bits per heavy atom. The molecule has 0 atom stereocenters. The van der Waals surface area contributed by atoms with Gasteiger partial charge in [0.05, 0.1) is 23.1 Å². The van der Waals surface area contributed by atoms with Gasteiger partial charge in [-0.25, -0.2) is 4.79 Å². The highest BCUT2D eigenvalue weighted by atomic mass is 35.5. The quantitative estimate of drug-likeness (QED) is 0.848. The van der Waals surface area contributed by atoms with E-state index in [1.54, 1.807) is 0 Å². The number of furan rings is 1. The lowest BCUT2D eigenvalue weighted by Crippen LogP contribution is -2.27. The summed E-state index contributed by atoms with van der Waals surface area (Å²) in [6.07, 6.45) is 1.28. The molecule has 6 nitrogen and oxygen atoms in total. The molecule has 0 saturated carbocycles. The van der Waals surface area contributed by atoms with Gasteiger partial charge in [0.2, 0.25) is 5.22 Å². The van der Waals surface area contributed by atoms with Gasteiger partial charge in [0, 0.05) is 12.7 Å². The van der Waals surface area contributed by atoms with Gasteiger partial charge in [-0.05, 0) is 35.9 Å². The first-order chi connectivity index (χ1) is 9.41. The van der Waals surface area contributed by atoms with Gasteiger partial charge >= 0.3 is 5.97 Å². The number of halogens is 1. The molecule has 104 valence electrons. The Balaban J connectivity index is 2.44. The summed E-state index contributed by atoms with van der Waals surface area (Å²) in [5.41, 5.74) is 6.16. The number of carbonyl (C=O) groups excluding carboxylic acids is 1. The molecular formula is C13H11ClN2O4. The Morgan fingerprint density at radius 3 is 2.55 bits per heavy atom. The summed E-state index contributed by atoms with van der Waals surface area (Å²) in [6, 6.07) is 5.69. The van der Waals surface area contributed by atoms with E-state index in [4.69, 9.17) is 26.9 Å². The molecule has 2 rings (SSSR count). The van der Waals surface area contributed by atoms with Gasteiger partial charge in [0.15, 0.2) is 0 Å². The van der Waals surface area contributed by atoms with Gasteiger partial charge < -0.3 is 20.2 Å². The molecule has 0 aliphatic carbocycles. The first kappa shape index (κ1) is 14.0. The molecule has 0 spiro atoms. The van der Waals surface area contributed by atoms with Crippen LogP contribution in [0, 0.1) is 0 Å². The van der Waals surface area contributed by atoms with Crippen LogP contribution in [0.4, 0.5) is 11.4 Å². The van der Waals surface area contributed by atoms with E-state index in [0.717, 1.165) is 0 Å². The normalized spacial score (nSPS) is 10.3. The monoisotopic (exact) mass is 294 g/mol. The lowest BCUT2D eigenvalue weighted by atomic mass is 10.1. The third-order valence-electron chi connectivity index (χ3n) is 2.77. The van der Waals surface area contributed by atoms with Crippen LogP contribution in [-0.4, -0.2) is 24.0 Å². The summed E-state index contributed by atoms with van der Waals surface area (Å²) in [5.74, 6) is -1.65. The average molecular weight is 295 g/mol. The van der Waals surface area contributed by atoms with Crippen LogP contribution >= 0.6 is 11.6 Å². The number of anilines is 2. The number of hydrogen-bond acceptors (Lipinski definition) is 4. The van der Waals surface area contributed by atoms with Crippen molar-refractivity contribution in [3.63, 3.8) is 0 Å². The maximum Gasteiger partial charge on any atom is 0.337 e. The number of amides is 1. The zero-order valence-electron chi connectivity index (χ0n) is 10.5. The van der Waals surface area contributed by atoms with Crippen molar-refractivity contribution in [1.29, 1.82) is 0 Å². The number of rotatable bonds is 3. The van der Waals surface area contributed by atoms with Crippen molar-refractivity contribution in [1.82, 2.24) is 0 Å². The SMILES string of the molecule is CN(C(=O)c1ccoc1Cl)c1ccc(N)cc1C(=O)O. The lowest BCUT2D eigenvalue weighted by molar-refractivity contribution is 0.0698. The Bertz CT molecular complexity index is 681. The molecule has 1 aromatic carbocycles. The van der Waals surface area contributed by atoms with E-state index in [9.17, 15) is 9.59 Å². The number of nitrogens with zero attached hydrogens (tertiary/aromatic N) is 1. The van der Waals surface area contributed by atoms with E-state index in [1.165, 1.54) is 42.5 Å². The zero-order valence-corrected chi connectivity index (χ0v) is 11.2. The molecular weight excluding hydrogens is 284 g/mol. The van der Waals surface area contributed by atoms with Crippen molar-refractivity contribution >= 4 is 34.9 Å². The topological polar surface area (TPSA) is 96.8 Å². The van der Waals surface area contributed by atoms with E-state index < -0.39 is 11.9 Å². The zero-order chi connectivity index (χ0) is 14.9. The van der Waals surface area contributed by atoms with Crippen LogP contribution in [0.25, 0.3) is 0 Å². The van der Waals surface area contributed by atoms with Crippen molar-refractivity contribution < 1.29 is 19.1 Å². The minimum Gasteiger partial charge on any atom is -0.478 e. The molecule has 0 radical (unpaired) electrons. The average Bonchev–Trinajstić information content (AvgIpc) is 2.83. The minimum atomic E-state index is -1.18. The van der Waals surface area contributed by atoms with Crippen molar-refractivity contribution in [2.75, 3.05) is 17.7 Å². The number of nitrogens with two attached hydrogens (primary N) is 1. The summed E-state index contributed by atoms with van der Waals surface area (Å²) >= 11 is 5.74. The standard InChI is InChI=1S/C13H11ClN2O4/c1-16(12(17)8-4-5-20-11(8)14)10-3-2-7(15)6-9(10)13(18)19/h2-6H,15H2,1H3,(H,18,19). The molecule has 0 bridgehead atoms. The van der Waals surface area contributed by atoms with Crippen molar-refractivity contribution in [3.8, 4) is 0 Å². The fourth-order valence-corrected chi connectivity index (χ4v) is 1.95. The second-order valence-electron chi connectivity index (χ2n) is 4.05. The highest BCUT2D eigenvalue weighted by Crippen LogP contribution is 2.26. The highest BCUT2D eigenvalue weighted by Gasteiger charge is 2.22. The second-order valence-corrected chi connectivity index (χ2v) is 4.40. The van der Waals surface area contributed by atoms with Gasteiger partial charge in [-0.1, -0.05) is 0 Å². The maximum atomic E-state index is 12.2.